The minimum Gasteiger partial charge on any atom is -0.459 e. The Kier molecular flexibility index (Phi) is 4.48. The normalized spacial score (nSPS) is 39.1. The minimum atomic E-state index is -0.533. The molecule has 1 saturated heterocycles. The molecule has 3 aliphatic carbocycles. The highest BCUT2D eigenvalue weighted by molar-refractivity contribution is 5.86. The van der Waals surface area contributed by atoms with Crippen LogP contribution in [-0.2, 0) is 28.6 Å². The quantitative estimate of drug-likeness (QED) is 0.533. The lowest BCUT2D eigenvalue weighted by Crippen LogP contribution is -2.45. The Morgan fingerprint density at radius 1 is 1.23 bits per heavy atom. The fraction of sp³-hybridized carbons (Fsp3) is 0.850. The molecule has 4 aliphatic rings. The molecular weight excluding hydrogens is 336 g/mol. The van der Waals surface area contributed by atoms with Gasteiger partial charge in [0, 0.05) is 18.8 Å². The van der Waals surface area contributed by atoms with Gasteiger partial charge in [-0.25, -0.2) is 0 Å². The molecule has 0 spiro atoms. The highest BCUT2D eigenvalue weighted by atomic mass is 16.6. The predicted octanol–water partition coefficient (Wildman–Crippen LogP) is 2.77. The monoisotopic (exact) mass is 364 g/mol. The Bertz CT molecular complexity index is 607. The number of fused-ring (bicyclic) bond motifs is 1. The molecule has 1 aliphatic heterocycles. The maximum atomic E-state index is 13.2. The van der Waals surface area contributed by atoms with Gasteiger partial charge in [0.15, 0.2) is 0 Å². The summed E-state index contributed by atoms with van der Waals surface area (Å²) in [5.41, 5.74) is -0.367. The zero-order valence-electron chi connectivity index (χ0n) is 15.6. The van der Waals surface area contributed by atoms with Gasteiger partial charge < -0.3 is 14.2 Å². The molecule has 0 aromatic rings. The summed E-state index contributed by atoms with van der Waals surface area (Å²) >= 11 is 0. The third kappa shape index (κ3) is 2.72. The molecule has 0 aromatic heterocycles. The summed E-state index contributed by atoms with van der Waals surface area (Å²) in [6.07, 6.45) is 6.77. The number of carbonyl (C=O) groups is 3. The van der Waals surface area contributed by atoms with E-state index in [1.54, 1.807) is 0 Å². The molecular formula is C20H28O6. The lowest BCUT2D eigenvalue weighted by molar-refractivity contribution is -0.175. The zero-order valence-corrected chi connectivity index (χ0v) is 15.6. The van der Waals surface area contributed by atoms with E-state index in [-0.39, 0.29) is 35.5 Å². The van der Waals surface area contributed by atoms with Crippen molar-refractivity contribution in [3.05, 3.63) is 0 Å². The molecule has 0 radical (unpaired) electrons. The first-order valence-corrected chi connectivity index (χ1v) is 10.1. The first-order chi connectivity index (χ1) is 12.5. The molecule has 6 atom stereocenters. The lowest BCUT2D eigenvalue weighted by atomic mass is 9.78. The van der Waals surface area contributed by atoms with Crippen molar-refractivity contribution in [1.82, 2.24) is 0 Å². The van der Waals surface area contributed by atoms with Crippen LogP contribution in [0.15, 0.2) is 0 Å². The summed E-state index contributed by atoms with van der Waals surface area (Å²) in [4.78, 5) is 37.0. The third-order valence-electron chi connectivity index (χ3n) is 6.94. The number of rotatable bonds is 6. The summed E-state index contributed by atoms with van der Waals surface area (Å²) in [6, 6.07) is 0. The first-order valence-electron chi connectivity index (χ1n) is 10.1. The molecule has 6 nitrogen and oxygen atoms in total. The minimum absolute atomic E-state index is 0.0235. The summed E-state index contributed by atoms with van der Waals surface area (Å²) in [7, 11) is 0. The SMILES string of the molecule is CCCCC1(OC(=O)C2C3CC4C(OC(=O)C42)C3OC(C)=O)CCCC1. The largest absolute Gasteiger partial charge is 0.459 e. The van der Waals surface area contributed by atoms with Crippen molar-refractivity contribution in [3.8, 4) is 0 Å². The van der Waals surface area contributed by atoms with Gasteiger partial charge in [0.1, 0.15) is 17.8 Å². The number of ether oxygens (including phenoxy) is 3. The molecule has 1 heterocycles. The van der Waals surface area contributed by atoms with Gasteiger partial charge in [-0.1, -0.05) is 13.3 Å². The number of hydrogen-bond donors (Lipinski definition) is 0. The van der Waals surface area contributed by atoms with Crippen molar-refractivity contribution in [1.29, 1.82) is 0 Å². The highest BCUT2D eigenvalue weighted by Gasteiger charge is 2.70. The van der Waals surface area contributed by atoms with Crippen LogP contribution in [-0.4, -0.2) is 35.7 Å². The summed E-state index contributed by atoms with van der Waals surface area (Å²) in [6.45, 7) is 3.49. The van der Waals surface area contributed by atoms with Crippen LogP contribution >= 0.6 is 0 Å². The third-order valence-corrected chi connectivity index (χ3v) is 6.94. The summed E-state index contributed by atoms with van der Waals surface area (Å²) in [5, 5.41) is 0. The Balaban J connectivity index is 1.53. The molecule has 2 bridgehead atoms. The molecule has 6 heteroatoms. The van der Waals surface area contributed by atoms with Crippen LogP contribution in [0.1, 0.15) is 65.2 Å². The second-order valence-electron chi connectivity index (χ2n) is 8.51. The summed E-state index contributed by atoms with van der Waals surface area (Å²) in [5.74, 6) is -2.15. The number of carbonyl (C=O) groups excluding carboxylic acids is 3. The van der Waals surface area contributed by atoms with Gasteiger partial charge >= 0.3 is 17.9 Å². The van der Waals surface area contributed by atoms with Crippen molar-refractivity contribution < 1.29 is 28.6 Å². The average Bonchev–Trinajstić information content (AvgIpc) is 3.30. The van der Waals surface area contributed by atoms with E-state index < -0.39 is 23.9 Å². The van der Waals surface area contributed by atoms with E-state index in [0.717, 1.165) is 44.9 Å². The van der Waals surface area contributed by atoms with Gasteiger partial charge in [0.05, 0.1) is 11.8 Å². The molecule has 3 saturated carbocycles. The van der Waals surface area contributed by atoms with Crippen LogP contribution in [0.2, 0.25) is 0 Å². The van der Waals surface area contributed by atoms with Crippen molar-refractivity contribution in [2.24, 2.45) is 23.7 Å². The lowest BCUT2D eigenvalue weighted by Gasteiger charge is -2.34. The van der Waals surface area contributed by atoms with E-state index >= 15 is 0 Å². The van der Waals surface area contributed by atoms with Crippen LogP contribution in [0.4, 0.5) is 0 Å². The van der Waals surface area contributed by atoms with Crippen molar-refractivity contribution in [2.45, 2.75) is 83.0 Å². The van der Waals surface area contributed by atoms with Gasteiger partial charge in [-0.05, 0) is 44.9 Å². The molecule has 4 fully saturated rings. The van der Waals surface area contributed by atoms with Crippen molar-refractivity contribution in [3.63, 3.8) is 0 Å². The molecule has 4 rings (SSSR count). The molecule has 6 unspecified atom stereocenters. The van der Waals surface area contributed by atoms with Gasteiger partial charge in [-0.3, -0.25) is 14.4 Å². The van der Waals surface area contributed by atoms with E-state index in [0.29, 0.717) is 6.42 Å². The Labute approximate surface area is 153 Å². The van der Waals surface area contributed by atoms with E-state index in [4.69, 9.17) is 14.2 Å². The van der Waals surface area contributed by atoms with E-state index in [1.165, 1.54) is 6.92 Å². The molecule has 0 amide bonds. The fourth-order valence-electron chi connectivity index (χ4n) is 5.86. The zero-order chi connectivity index (χ0) is 18.5. The topological polar surface area (TPSA) is 78.9 Å². The first kappa shape index (κ1) is 17.8. The van der Waals surface area contributed by atoms with Gasteiger partial charge in [-0.2, -0.15) is 0 Å². The molecule has 0 N–H and O–H groups in total. The average molecular weight is 364 g/mol. The predicted molar refractivity (Wildman–Crippen MR) is 90.8 cm³/mol. The summed E-state index contributed by atoms with van der Waals surface area (Å²) < 4.78 is 17.0. The standard InChI is InChI=1S/C20H28O6/c1-3-4-7-20(8-5-6-9-20)26-19(23)15-13-10-12-14(15)18(22)25-17(12)16(13)24-11(2)21/h12-17H,3-10H2,1-2H3. The van der Waals surface area contributed by atoms with Gasteiger partial charge in [0.25, 0.3) is 0 Å². The molecule has 0 aromatic carbocycles. The van der Waals surface area contributed by atoms with Crippen LogP contribution in [0, 0.1) is 23.7 Å². The van der Waals surface area contributed by atoms with Gasteiger partial charge in [-0.15, -0.1) is 0 Å². The Hall–Kier alpha value is -1.59. The fourth-order valence-corrected chi connectivity index (χ4v) is 5.86. The van der Waals surface area contributed by atoms with E-state index in [1.807, 2.05) is 0 Å². The number of esters is 3. The van der Waals surface area contributed by atoms with E-state index in [2.05, 4.69) is 6.92 Å². The second kappa shape index (κ2) is 6.54. The second-order valence-corrected chi connectivity index (χ2v) is 8.51. The van der Waals surface area contributed by atoms with Crippen LogP contribution < -0.4 is 0 Å². The molecule has 26 heavy (non-hydrogen) atoms. The van der Waals surface area contributed by atoms with Crippen molar-refractivity contribution >= 4 is 17.9 Å². The Morgan fingerprint density at radius 3 is 2.62 bits per heavy atom. The molecule has 144 valence electrons. The number of hydrogen-bond acceptors (Lipinski definition) is 6. The van der Waals surface area contributed by atoms with Crippen molar-refractivity contribution in [2.75, 3.05) is 0 Å². The Morgan fingerprint density at radius 2 is 1.96 bits per heavy atom. The smallest absolute Gasteiger partial charge is 0.310 e. The highest BCUT2D eigenvalue weighted by Crippen LogP contribution is 2.59. The van der Waals surface area contributed by atoms with Crippen LogP contribution in [0.25, 0.3) is 0 Å². The van der Waals surface area contributed by atoms with Crippen LogP contribution in [0.5, 0.6) is 0 Å². The maximum absolute atomic E-state index is 13.2. The maximum Gasteiger partial charge on any atom is 0.310 e. The van der Waals surface area contributed by atoms with Crippen LogP contribution in [0.3, 0.4) is 0 Å². The number of unbranched alkanes of at least 4 members (excludes halogenated alkanes) is 1. The van der Waals surface area contributed by atoms with Gasteiger partial charge in [0.2, 0.25) is 0 Å². The van der Waals surface area contributed by atoms with E-state index in [9.17, 15) is 14.4 Å².